The van der Waals surface area contributed by atoms with E-state index < -0.39 is 0 Å². The molecule has 1 rings (SSSR count). The van der Waals surface area contributed by atoms with Gasteiger partial charge in [-0.25, -0.2) is 0 Å². The topological polar surface area (TPSA) is 29.5 Å². The molecule has 0 radical (unpaired) electrons. The summed E-state index contributed by atoms with van der Waals surface area (Å²) in [5, 5.41) is 9.46. The molecule has 1 unspecified atom stereocenters. The van der Waals surface area contributed by atoms with Crippen LogP contribution in [0.4, 0.5) is 0 Å². The fourth-order valence-corrected chi connectivity index (χ4v) is 2.25. The van der Waals surface area contributed by atoms with Crippen molar-refractivity contribution in [3.8, 4) is 0 Å². The van der Waals surface area contributed by atoms with Crippen molar-refractivity contribution in [1.29, 1.82) is 0 Å². The molecule has 1 atom stereocenters. The van der Waals surface area contributed by atoms with Crippen LogP contribution in [0.5, 0.6) is 0 Å². The number of thioether (sulfide) groups is 1. The smallest absolute Gasteiger partial charge is 0.0762 e. The van der Waals surface area contributed by atoms with Crippen molar-refractivity contribution in [2.45, 2.75) is 31.3 Å². The van der Waals surface area contributed by atoms with Gasteiger partial charge < -0.3 is 9.84 Å². The zero-order chi connectivity index (χ0) is 11.8. The molecule has 0 bridgehead atoms. The molecule has 90 valence electrons. The van der Waals surface area contributed by atoms with Crippen LogP contribution in [0.1, 0.15) is 31.9 Å². The van der Waals surface area contributed by atoms with E-state index in [-0.39, 0.29) is 6.10 Å². The lowest BCUT2D eigenvalue weighted by molar-refractivity contribution is 0.149. The molecule has 0 spiro atoms. The van der Waals surface area contributed by atoms with Gasteiger partial charge in [0.05, 0.1) is 6.10 Å². The zero-order valence-corrected chi connectivity index (χ0v) is 10.8. The van der Waals surface area contributed by atoms with Gasteiger partial charge in [-0.1, -0.05) is 12.1 Å². The lowest BCUT2D eigenvalue weighted by atomic mass is 10.1. The summed E-state index contributed by atoms with van der Waals surface area (Å²) < 4.78 is 5.28. The Balaban J connectivity index is 2.33. The Kier molecular flexibility index (Phi) is 6.53. The SMILES string of the molecule is CCOCCCSc1cccc(C(C)O)c1. The first-order chi connectivity index (χ1) is 7.74. The van der Waals surface area contributed by atoms with Gasteiger partial charge in [0.2, 0.25) is 0 Å². The van der Waals surface area contributed by atoms with E-state index in [0.717, 1.165) is 31.0 Å². The molecule has 0 amide bonds. The predicted molar refractivity (Wildman–Crippen MR) is 68.9 cm³/mol. The molecule has 1 aromatic carbocycles. The van der Waals surface area contributed by atoms with Crippen LogP contribution in [0.3, 0.4) is 0 Å². The fourth-order valence-electron chi connectivity index (χ4n) is 1.36. The lowest BCUT2D eigenvalue weighted by Crippen LogP contribution is -1.95. The summed E-state index contributed by atoms with van der Waals surface area (Å²) in [5.74, 6) is 1.06. The molecule has 0 fully saturated rings. The number of benzene rings is 1. The molecule has 1 N–H and O–H groups in total. The van der Waals surface area contributed by atoms with Crippen LogP contribution in [-0.4, -0.2) is 24.1 Å². The third-order valence-electron chi connectivity index (χ3n) is 2.25. The molecule has 0 aliphatic heterocycles. The van der Waals surface area contributed by atoms with E-state index >= 15 is 0 Å². The Hall–Kier alpha value is -0.510. The normalized spacial score (nSPS) is 12.7. The van der Waals surface area contributed by atoms with Crippen LogP contribution in [0.25, 0.3) is 0 Å². The predicted octanol–water partition coefficient (Wildman–Crippen LogP) is 3.26. The van der Waals surface area contributed by atoms with Crippen molar-refractivity contribution in [3.05, 3.63) is 29.8 Å². The second-order valence-corrected chi connectivity index (χ2v) is 4.82. The highest BCUT2D eigenvalue weighted by Gasteiger charge is 2.01. The van der Waals surface area contributed by atoms with E-state index in [4.69, 9.17) is 4.74 Å². The van der Waals surface area contributed by atoms with Crippen molar-refractivity contribution >= 4 is 11.8 Å². The molecule has 0 aromatic heterocycles. The maximum absolute atomic E-state index is 9.46. The first kappa shape index (κ1) is 13.6. The van der Waals surface area contributed by atoms with Crippen LogP contribution in [0, 0.1) is 0 Å². The maximum atomic E-state index is 9.46. The number of aliphatic hydroxyl groups is 1. The van der Waals surface area contributed by atoms with Gasteiger partial charge in [-0.05, 0) is 38.0 Å². The van der Waals surface area contributed by atoms with Crippen molar-refractivity contribution in [2.24, 2.45) is 0 Å². The van der Waals surface area contributed by atoms with E-state index in [9.17, 15) is 5.11 Å². The molecular weight excluding hydrogens is 220 g/mol. The third kappa shape index (κ3) is 5.01. The van der Waals surface area contributed by atoms with Gasteiger partial charge in [-0.15, -0.1) is 11.8 Å². The van der Waals surface area contributed by atoms with E-state index in [1.54, 1.807) is 6.92 Å². The van der Waals surface area contributed by atoms with Gasteiger partial charge in [0.25, 0.3) is 0 Å². The molecule has 0 aliphatic carbocycles. The summed E-state index contributed by atoms with van der Waals surface area (Å²) in [6.45, 7) is 5.43. The van der Waals surface area contributed by atoms with Crippen molar-refractivity contribution in [3.63, 3.8) is 0 Å². The number of hydrogen-bond acceptors (Lipinski definition) is 3. The molecule has 16 heavy (non-hydrogen) atoms. The molecule has 0 aliphatic rings. The minimum absolute atomic E-state index is 0.385. The molecule has 1 aromatic rings. The van der Waals surface area contributed by atoms with E-state index in [1.165, 1.54) is 4.90 Å². The van der Waals surface area contributed by atoms with Gasteiger partial charge in [0.1, 0.15) is 0 Å². The van der Waals surface area contributed by atoms with Gasteiger partial charge >= 0.3 is 0 Å². The minimum Gasteiger partial charge on any atom is -0.389 e. The van der Waals surface area contributed by atoms with Crippen molar-refractivity contribution in [1.82, 2.24) is 0 Å². The maximum Gasteiger partial charge on any atom is 0.0762 e. The van der Waals surface area contributed by atoms with Crippen molar-refractivity contribution in [2.75, 3.05) is 19.0 Å². The van der Waals surface area contributed by atoms with Crippen LogP contribution in [-0.2, 0) is 4.74 Å². The van der Waals surface area contributed by atoms with Gasteiger partial charge in [-0.2, -0.15) is 0 Å². The van der Waals surface area contributed by atoms with E-state index in [0.29, 0.717) is 0 Å². The van der Waals surface area contributed by atoms with E-state index in [1.807, 2.05) is 30.8 Å². The largest absolute Gasteiger partial charge is 0.389 e. The van der Waals surface area contributed by atoms with Gasteiger partial charge in [0.15, 0.2) is 0 Å². The van der Waals surface area contributed by atoms with Gasteiger partial charge in [0, 0.05) is 23.9 Å². The Morgan fingerprint density at radius 2 is 2.25 bits per heavy atom. The third-order valence-corrected chi connectivity index (χ3v) is 3.33. The molecule has 0 saturated carbocycles. The first-order valence-electron chi connectivity index (χ1n) is 5.72. The Bertz CT molecular complexity index is 300. The lowest BCUT2D eigenvalue weighted by Gasteiger charge is -2.07. The summed E-state index contributed by atoms with van der Waals surface area (Å²) in [7, 11) is 0. The first-order valence-corrected chi connectivity index (χ1v) is 6.71. The second-order valence-electron chi connectivity index (χ2n) is 3.65. The Morgan fingerprint density at radius 3 is 2.94 bits per heavy atom. The highest BCUT2D eigenvalue weighted by atomic mass is 32.2. The minimum atomic E-state index is -0.385. The van der Waals surface area contributed by atoms with Gasteiger partial charge in [-0.3, -0.25) is 0 Å². The summed E-state index contributed by atoms with van der Waals surface area (Å²) >= 11 is 1.81. The quantitative estimate of drug-likeness (QED) is 0.586. The van der Waals surface area contributed by atoms with Crippen LogP contribution >= 0.6 is 11.8 Å². The summed E-state index contributed by atoms with van der Waals surface area (Å²) in [4.78, 5) is 1.22. The average Bonchev–Trinajstić information content (AvgIpc) is 2.29. The monoisotopic (exact) mass is 240 g/mol. The van der Waals surface area contributed by atoms with Crippen LogP contribution < -0.4 is 0 Å². The Morgan fingerprint density at radius 1 is 1.44 bits per heavy atom. The standard InChI is InChI=1S/C13H20O2S/c1-3-15-8-5-9-16-13-7-4-6-12(10-13)11(2)14/h4,6-7,10-11,14H,3,5,8-9H2,1-2H3. The summed E-state index contributed by atoms with van der Waals surface area (Å²) in [6, 6.07) is 8.08. The number of ether oxygens (including phenoxy) is 1. The number of aliphatic hydroxyl groups excluding tert-OH is 1. The molecular formula is C13H20O2S. The average molecular weight is 240 g/mol. The van der Waals surface area contributed by atoms with Crippen LogP contribution in [0.2, 0.25) is 0 Å². The Labute approximate surface area is 102 Å². The van der Waals surface area contributed by atoms with Crippen molar-refractivity contribution < 1.29 is 9.84 Å². The van der Waals surface area contributed by atoms with Crippen LogP contribution in [0.15, 0.2) is 29.2 Å². The number of rotatable bonds is 7. The second kappa shape index (κ2) is 7.71. The zero-order valence-electron chi connectivity index (χ0n) is 9.98. The molecule has 0 heterocycles. The molecule has 2 nitrogen and oxygen atoms in total. The highest BCUT2D eigenvalue weighted by Crippen LogP contribution is 2.22. The highest BCUT2D eigenvalue weighted by molar-refractivity contribution is 7.99. The fraction of sp³-hybridized carbons (Fsp3) is 0.538. The van der Waals surface area contributed by atoms with E-state index in [2.05, 4.69) is 12.1 Å². The molecule has 3 heteroatoms. The molecule has 0 saturated heterocycles. The summed E-state index contributed by atoms with van der Waals surface area (Å²) in [5.41, 5.74) is 0.981. The summed E-state index contributed by atoms with van der Waals surface area (Å²) in [6.07, 6.45) is 0.682. The number of hydrogen-bond donors (Lipinski definition) is 1.